The molecule has 5 nitrogen and oxygen atoms in total. The standard InChI is InChI=1S/C16H26N2O3/c1-4-18(5-2)16(20)12-21-15-8-6-14(7-9-15)11-17-10-13(3)19/h6-9,13,17,19H,4-5,10-12H2,1-3H3. The maximum Gasteiger partial charge on any atom is 0.260 e. The monoisotopic (exact) mass is 294 g/mol. The van der Waals surface area contributed by atoms with Crippen LogP contribution < -0.4 is 10.1 Å². The number of benzene rings is 1. The van der Waals surface area contributed by atoms with E-state index in [2.05, 4.69) is 5.32 Å². The van der Waals surface area contributed by atoms with Crippen LogP contribution in [-0.2, 0) is 11.3 Å². The number of rotatable bonds is 9. The molecule has 1 aromatic rings. The minimum absolute atomic E-state index is 0.00248. The van der Waals surface area contributed by atoms with E-state index < -0.39 is 0 Å². The van der Waals surface area contributed by atoms with Gasteiger partial charge in [-0.15, -0.1) is 0 Å². The van der Waals surface area contributed by atoms with Gasteiger partial charge >= 0.3 is 0 Å². The zero-order valence-corrected chi connectivity index (χ0v) is 13.1. The first-order valence-corrected chi connectivity index (χ1v) is 7.45. The van der Waals surface area contributed by atoms with E-state index in [1.54, 1.807) is 11.8 Å². The predicted molar refractivity (Wildman–Crippen MR) is 83.3 cm³/mol. The van der Waals surface area contributed by atoms with Gasteiger partial charge in [0.1, 0.15) is 5.75 Å². The number of nitrogens with one attached hydrogen (secondary N) is 1. The zero-order chi connectivity index (χ0) is 15.7. The molecule has 1 unspecified atom stereocenters. The molecule has 1 amide bonds. The van der Waals surface area contributed by atoms with E-state index in [1.807, 2.05) is 38.1 Å². The average Bonchev–Trinajstić information content (AvgIpc) is 2.47. The number of hydrogen-bond donors (Lipinski definition) is 2. The molecule has 0 saturated heterocycles. The third kappa shape index (κ3) is 6.60. The van der Waals surface area contributed by atoms with Gasteiger partial charge in [0.05, 0.1) is 6.10 Å². The van der Waals surface area contributed by atoms with Crippen LogP contribution in [0.2, 0.25) is 0 Å². The number of nitrogens with zero attached hydrogens (tertiary/aromatic N) is 1. The van der Waals surface area contributed by atoms with Crippen LogP contribution in [0, 0.1) is 0 Å². The Kier molecular flexibility index (Phi) is 7.79. The lowest BCUT2D eigenvalue weighted by atomic mass is 10.2. The van der Waals surface area contributed by atoms with Crippen molar-refractivity contribution in [2.24, 2.45) is 0 Å². The largest absolute Gasteiger partial charge is 0.484 e. The van der Waals surface area contributed by atoms with Gasteiger partial charge in [0, 0.05) is 26.2 Å². The SMILES string of the molecule is CCN(CC)C(=O)COc1ccc(CNCC(C)O)cc1. The molecule has 1 aromatic carbocycles. The molecular weight excluding hydrogens is 268 g/mol. The molecule has 21 heavy (non-hydrogen) atoms. The van der Waals surface area contributed by atoms with Crippen LogP contribution in [0.1, 0.15) is 26.3 Å². The van der Waals surface area contributed by atoms with Gasteiger partial charge in [0.2, 0.25) is 0 Å². The Morgan fingerprint density at radius 2 is 1.90 bits per heavy atom. The molecule has 0 spiro atoms. The molecule has 1 rings (SSSR count). The van der Waals surface area contributed by atoms with E-state index in [0.29, 0.717) is 31.9 Å². The highest BCUT2D eigenvalue weighted by molar-refractivity contribution is 5.77. The van der Waals surface area contributed by atoms with Gasteiger partial charge in [-0.3, -0.25) is 4.79 Å². The lowest BCUT2D eigenvalue weighted by molar-refractivity contribution is -0.132. The molecule has 0 aromatic heterocycles. The number of aliphatic hydroxyl groups excluding tert-OH is 1. The fourth-order valence-corrected chi connectivity index (χ4v) is 1.94. The number of likely N-dealkylation sites (N-methyl/N-ethyl adjacent to an activating group) is 1. The molecule has 0 bridgehead atoms. The Balaban J connectivity index is 2.39. The highest BCUT2D eigenvalue weighted by Crippen LogP contribution is 2.12. The van der Waals surface area contributed by atoms with Crippen molar-refractivity contribution < 1.29 is 14.6 Å². The predicted octanol–water partition coefficient (Wildman–Crippen LogP) is 1.40. The number of ether oxygens (including phenoxy) is 1. The Labute approximate surface area is 126 Å². The molecule has 0 saturated carbocycles. The number of hydrogen-bond acceptors (Lipinski definition) is 4. The molecule has 2 N–H and O–H groups in total. The fraction of sp³-hybridized carbons (Fsp3) is 0.562. The Bertz CT molecular complexity index is 414. The van der Waals surface area contributed by atoms with Crippen LogP contribution in [0.4, 0.5) is 0 Å². The molecule has 1 atom stereocenters. The second-order valence-corrected chi connectivity index (χ2v) is 4.98. The summed E-state index contributed by atoms with van der Waals surface area (Å²) in [4.78, 5) is 13.6. The second-order valence-electron chi connectivity index (χ2n) is 4.98. The van der Waals surface area contributed by atoms with E-state index in [0.717, 1.165) is 5.56 Å². The van der Waals surface area contributed by atoms with Crippen molar-refractivity contribution in [3.8, 4) is 5.75 Å². The first-order chi connectivity index (χ1) is 10.1. The minimum atomic E-state index is -0.348. The van der Waals surface area contributed by atoms with E-state index in [1.165, 1.54) is 0 Å². The molecule has 0 aliphatic heterocycles. The van der Waals surface area contributed by atoms with Crippen molar-refractivity contribution in [3.05, 3.63) is 29.8 Å². The molecule has 0 aliphatic carbocycles. The van der Waals surface area contributed by atoms with Crippen molar-refractivity contribution in [3.63, 3.8) is 0 Å². The van der Waals surface area contributed by atoms with Crippen LogP contribution in [0.25, 0.3) is 0 Å². The van der Waals surface area contributed by atoms with Crippen molar-refractivity contribution >= 4 is 5.91 Å². The average molecular weight is 294 g/mol. The molecule has 118 valence electrons. The number of carbonyl (C=O) groups excluding carboxylic acids is 1. The summed E-state index contributed by atoms with van der Waals surface area (Å²) in [6.07, 6.45) is -0.348. The van der Waals surface area contributed by atoms with Gasteiger partial charge in [0.15, 0.2) is 6.61 Å². The number of carbonyl (C=O) groups is 1. The lowest BCUT2D eigenvalue weighted by Gasteiger charge is -2.18. The molecular formula is C16H26N2O3. The highest BCUT2D eigenvalue weighted by Gasteiger charge is 2.09. The van der Waals surface area contributed by atoms with Gasteiger partial charge in [-0.2, -0.15) is 0 Å². The van der Waals surface area contributed by atoms with Crippen molar-refractivity contribution in [1.82, 2.24) is 10.2 Å². The zero-order valence-electron chi connectivity index (χ0n) is 13.1. The van der Waals surface area contributed by atoms with Crippen LogP contribution >= 0.6 is 0 Å². The van der Waals surface area contributed by atoms with E-state index >= 15 is 0 Å². The molecule has 0 fully saturated rings. The quantitative estimate of drug-likeness (QED) is 0.723. The third-order valence-electron chi connectivity index (χ3n) is 3.17. The third-order valence-corrected chi connectivity index (χ3v) is 3.17. The molecule has 0 heterocycles. The Morgan fingerprint density at radius 3 is 2.43 bits per heavy atom. The van der Waals surface area contributed by atoms with Crippen LogP contribution in [0.5, 0.6) is 5.75 Å². The van der Waals surface area contributed by atoms with E-state index in [-0.39, 0.29) is 18.6 Å². The van der Waals surface area contributed by atoms with Crippen molar-refractivity contribution in [2.75, 3.05) is 26.2 Å². The Hall–Kier alpha value is -1.59. The summed E-state index contributed by atoms with van der Waals surface area (Å²) in [6.45, 7) is 8.39. The van der Waals surface area contributed by atoms with E-state index in [4.69, 9.17) is 9.84 Å². The summed E-state index contributed by atoms with van der Waals surface area (Å²) in [5, 5.41) is 12.3. The smallest absolute Gasteiger partial charge is 0.260 e. The Morgan fingerprint density at radius 1 is 1.29 bits per heavy atom. The van der Waals surface area contributed by atoms with Gasteiger partial charge < -0.3 is 20.1 Å². The maximum atomic E-state index is 11.8. The topological polar surface area (TPSA) is 61.8 Å². The first kappa shape index (κ1) is 17.5. The van der Waals surface area contributed by atoms with Crippen LogP contribution in [0.3, 0.4) is 0 Å². The van der Waals surface area contributed by atoms with Crippen LogP contribution in [-0.4, -0.2) is 48.3 Å². The van der Waals surface area contributed by atoms with Gasteiger partial charge in [-0.1, -0.05) is 12.1 Å². The molecule has 0 radical (unpaired) electrons. The van der Waals surface area contributed by atoms with Crippen molar-refractivity contribution in [1.29, 1.82) is 0 Å². The summed E-state index contributed by atoms with van der Waals surface area (Å²) in [7, 11) is 0. The van der Waals surface area contributed by atoms with Gasteiger partial charge in [-0.25, -0.2) is 0 Å². The summed E-state index contributed by atoms with van der Waals surface area (Å²) < 4.78 is 5.50. The fourth-order valence-electron chi connectivity index (χ4n) is 1.94. The summed E-state index contributed by atoms with van der Waals surface area (Å²) in [5.41, 5.74) is 1.11. The minimum Gasteiger partial charge on any atom is -0.484 e. The summed E-state index contributed by atoms with van der Waals surface area (Å²) in [6, 6.07) is 7.61. The normalized spacial score (nSPS) is 12.0. The van der Waals surface area contributed by atoms with Crippen molar-refractivity contribution in [2.45, 2.75) is 33.4 Å². The highest BCUT2D eigenvalue weighted by atomic mass is 16.5. The summed E-state index contributed by atoms with van der Waals surface area (Å²) >= 11 is 0. The maximum absolute atomic E-state index is 11.8. The lowest BCUT2D eigenvalue weighted by Crippen LogP contribution is -2.34. The van der Waals surface area contributed by atoms with Gasteiger partial charge in [-0.05, 0) is 38.5 Å². The first-order valence-electron chi connectivity index (χ1n) is 7.45. The molecule has 5 heteroatoms. The van der Waals surface area contributed by atoms with Crippen LogP contribution in [0.15, 0.2) is 24.3 Å². The van der Waals surface area contributed by atoms with Gasteiger partial charge in [0.25, 0.3) is 5.91 Å². The second kappa shape index (κ2) is 9.37. The summed E-state index contributed by atoms with van der Waals surface area (Å²) in [5.74, 6) is 0.692. The number of aliphatic hydroxyl groups is 1. The number of amides is 1. The molecule has 0 aliphatic rings. The van der Waals surface area contributed by atoms with E-state index in [9.17, 15) is 4.79 Å².